The second kappa shape index (κ2) is 5.48. The van der Waals surface area contributed by atoms with E-state index < -0.39 is 5.82 Å². The molecular weight excluding hydrogens is 201 g/mol. The predicted octanol–water partition coefficient (Wildman–Crippen LogP) is 1.25. The van der Waals surface area contributed by atoms with Gasteiger partial charge in [-0.2, -0.15) is 5.10 Å². The molecule has 1 rings (SSSR count). The quantitative estimate of drug-likeness (QED) is 0.339. The number of hydrogen-bond acceptors (Lipinski definition) is 5. The molecule has 0 fully saturated rings. The zero-order valence-electron chi connectivity index (χ0n) is 7.59. The number of oxime groups is 1. The number of benzene rings is 1. The lowest BCUT2D eigenvalue weighted by Gasteiger charge is -1.99. The summed E-state index contributed by atoms with van der Waals surface area (Å²) in [5.74, 6) is -0.418. The standard InChI is InChI=1S/C9H8FN3O2/c10-7-2-1-3-8(4-7)12-13-9(6-14)5-11-15/h1-6,12,15H/b11-5+,13-9+. The smallest absolute Gasteiger partial charge is 0.171 e. The van der Waals surface area contributed by atoms with Crippen molar-refractivity contribution in [3.63, 3.8) is 0 Å². The number of hydrazone groups is 1. The Labute approximate surface area is 84.9 Å². The molecule has 0 atom stereocenters. The van der Waals surface area contributed by atoms with Crippen LogP contribution in [0, 0.1) is 5.82 Å². The molecule has 6 heteroatoms. The lowest BCUT2D eigenvalue weighted by molar-refractivity contribution is -0.102. The Morgan fingerprint density at radius 3 is 2.93 bits per heavy atom. The average Bonchev–Trinajstić information content (AvgIpc) is 2.24. The largest absolute Gasteiger partial charge is 0.411 e. The van der Waals surface area contributed by atoms with E-state index in [0.717, 1.165) is 6.21 Å². The van der Waals surface area contributed by atoms with Crippen LogP contribution >= 0.6 is 0 Å². The normalized spacial score (nSPS) is 11.7. The molecule has 0 saturated carbocycles. The zero-order chi connectivity index (χ0) is 11.1. The van der Waals surface area contributed by atoms with Gasteiger partial charge in [-0.1, -0.05) is 11.2 Å². The van der Waals surface area contributed by atoms with Gasteiger partial charge in [-0.15, -0.1) is 0 Å². The minimum atomic E-state index is -0.418. The number of aldehydes is 1. The van der Waals surface area contributed by atoms with Crippen molar-refractivity contribution in [2.45, 2.75) is 0 Å². The summed E-state index contributed by atoms with van der Waals surface area (Å²) in [7, 11) is 0. The molecule has 0 radical (unpaired) electrons. The van der Waals surface area contributed by atoms with Crippen LogP contribution in [0.3, 0.4) is 0 Å². The van der Waals surface area contributed by atoms with E-state index in [0.29, 0.717) is 12.0 Å². The number of nitrogens with zero attached hydrogens (tertiary/aromatic N) is 2. The fraction of sp³-hybridized carbons (Fsp3) is 0. The first kappa shape index (κ1) is 10.8. The number of nitrogens with one attached hydrogen (secondary N) is 1. The lowest BCUT2D eigenvalue weighted by Crippen LogP contribution is -2.05. The molecule has 0 aliphatic rings. The average molecular weight is 209 g/mol. The molecule has 2 N–H and O–H groups in total. The summed E-state index contributed by atoms with van der Waals surface area (Å²) in [6.07, 6.45) is 1.26. The molecule has 0 aliphatic heterocycles. The number of anilines is 1. The van der Waals surface area contributed by atoms with Crippen LogP contribution in [0.2, 0.25) is 0 Å². The van der Waals surface area contributed by atoms with Crippen molar-refractivity contribution < 1.29 is 14.4 Å². The van der Waals surface area contributed by atoms with E-state index in [4.69, 9.17) is 5.21 Å². The Balaban J connectivity index is 2.74. The molecule has 0 aromatic heterocycles. The summed E-state index contributed by atoms with van der Waals surface area (Å²) in [5, 5.41) is 14.4. The third-order valence-electron chi connectivity index (χ3n) is 1.45. The fourth-order valence-corrected chi connectivity index (χ4v) is 0.832. The van der Waals surface area contributed by atoms with Crippen LogP contribution in [0.25, 0.3) is 0 Å². The molecule has 78 valence electrons. The van der Waals surface area contributed by atoms with Crippen molar-refractivity contribution in [3.05, 3.63) is 30.1 Å². The van der Waals surface area contributed by atoms with Gasteiger partial charge in [-0.05, 0) is 18.2 Å². The van der Waals surface area contributed by atoms with Gasteiger partial charge in [0.1, 0.15) is 11.5 Å². The highest BCUT2D eigenvalue weighted by atomic mass is 19.1. The van der Waals surface area contributed by atoms with Gasteiger partial charge in [-0.3, -0.25) is 10.2 Å². The summed E-state index contributed by atoms with van der Waals surface area (Å²) < 4.78 is 12.7. The summed E-state index contributed by atoms with van der Waals surface area (Å²) in [5.41, 5.74) is 2.72. The second-order valence-corrected chi connectivity index (χ2v) is 2.52. The van der Waals surface area contributed by atoms with E-state index in [1.807, 2.05) is 0 Å². The summed E-state index contributed by atoms with van der Waals surface area (Å²) >= 11 is 0. The van der Waals surface area contributed by atoms with Crippen LogP contribution in [0.5, 0.6) is 0 Å². The molecule has 0 saturated heterocycles. The fourth-order valence-electron chi connectivity index (χ4n) is 0.832. The number of hydrogen-bond donors (Lipinski definition) is 2. The van der Waals surface area contributed by atoms with Crippen LogP contribution in [-0.2, 0) is 4.79 Å². The molecule has 0 heterocycles. The second-order valence-electron chi connectivity index (χ2n) is 2.52. The van der Waals surface area contributed by atoms with E-state index in [-0.39, 0.29) is 5.71 Å². The number of rotatable bonds is 4. The van der Waals surface area contributed by atoms with Gasteiger partial charge in [0.2, 0.25) is 0 Å². The highest BCUT2D eigenvalue weighted by molar-refractivity contribution is 6.54. The number of carbonyl (C=O) groups excluding carboxylic acids is 1. The first-order chi connectivity index (χ1) is 7.26. The Bertz CT molecular complexity index is 404. The molecular formula is C9H8FN3O2. The highest BCUT2D eigenvalue weighted by Gasteiger charge is 1.94. The SMILES string of the molecule is O=CC(/C=N/O)=N/Nc1cccc(F)c1. The summed E-state index contributed by atoms with van der Waals surface area (Å²) in [6, 6.07) is 5.56. The Hall–Kier alpha value is -2.24. The van der Waals surface area contributed by atoms with Gasteiger partial charge in [-0.25, -0.2) is 4.39 Å². The maximum absolute atomic E-state index is 12.7. The maximum Gasteiger partial charge on any atom is 0.171 e. The van der Waals surface area contributed by atoms with Crippen LogP contribution in [0.4, 0.5) is 10.1 Å². The van der Waals surface area contributed by atoms with Gasteiger partial charge >= 0.3 is 0 Å². The van der Waals surface area contributed by atoms with Crippen molar-refractivity contribution in [3.8, 4) is 0 Å². The van der Waals surface area contributed by atoms with Crippen LogP contribution < -0.4 is 5.43 Å². The summed E-state index contributed by atoms with van der Waals surface area (Å²) in [4.78, 5) is 10.3. The Morgan fingerprint density at radius 2 is 2.33 bits per heavy atom. The zero-order valence-corrected chi connectivity index (χ0v) is 7.59. The van der Waals surface area contributed by atoms with Crippen molar-refractivity contribution in [2.24, 2.45) is 10.3 Å². The molecule has 0 bridgehead atoms. The van der Waals surface area contributed by atoms with Crippen LogP contribution in [0.15, 0.2) is 34.5 Å². The minimum Gasteiger partial charge on any atom is -0.411 e. The maximum atomic E-state index is 12.7. The van der Waals surface area contributed by atoms with Gasteiger partial charge in [0, 0.05) is 0 Å². The third kappa shape index (κ3) is 3.55. The molecule has 0 aliphatic carbocycles. The van der Waals surface area contributed by atoms with Gasteiger partial charge in [0.15, 0.2) is 6.29 Å². The van der Waals surface area contributed by atoms with E-state index in [1.54, 1.807) is 6.07 Å². The molecule has 15 heavy (non-hydrogen) atoms. The minimum absolute atomic E-state index is 0.109. The van der Waals surface area contributed by atoms with Crippen molar-refractivity contribution >= 4 is 23.9 Å². The van der Waals surface area contributed by atoms with Crippen molar-refractivity contribution in [1.29, 1.82) is 0 Å². The van der Waals surface area contributed by atoms with E-state index in [9.17, 15) is 9.18 Å². The van der Waals surface area contributed by atoms with Gasteiger partial charge in [0.05, 0.1) is 11.9 Å². The predicted molar refractivity (Wildman–Crippen MR) is 53.8 cm³/mol. The van der Waals surface area contributed by atoms with E-state index in [2.05, 4.69) is 15.7 Å². The molecule has 1 aromatic carbocycles. The van der Waals surface area contributed by atoms with Crippen LogP contribution in [-0.4, -0.2) is 23.4 Å². The first-order valence-electron chi connectivity index (χ1n) is 3.98. The first-order valence-corrected chi connectivity index (χ1v) is 3.98. The molecule has 0 spiro atoms. The summed E-state index contributed by atoms with van der Waals surface area (Å²) in [6.45, 7) is 0. The number of carbonyl (C=O) groups is 1. The Morgan fingerprint density at radius 1 is 1.53 bits per heavy atom. The van der Waals surface area contributed by atoms with E-state index >= 15 is 0 Å². The van der Waals surface area contributed by atoms with Gasteiger partial charge in [0.25, 0.3) is 0 Å². The van der Waals surface area contributed by atoms with Gasteiger partial charge < -0.3 is 5.21 Å². The third-order valence-corrected chi connectivity index (χ3v) is 1.45. The molecule has 0 unspecified atom stereocenters. The molecule has 5 nitrogen and oxygen atoms in total. The van der Waals surface area contributed by atoms with E-state index in [1.165, 1.54) is 18.2 Å². The lowest BCUT2D eigenvalue weighted by atomic mass is 10.3. The monoisotopic (exact) mass is 209 g/mol. The molecule has 1 aromatic rings. The van der Waals surface area contributed by atoms with Crippen molar-refractivity contribution in [2.75, 3.05) is 5.43 Å². The van der Waals surface area contributed by atoms with Crippen LogP contribution in [0.1, 0.15) is 0 Å². The van der Waals surface area contributed by atoms with Crippen molar-refractivity contribution in [1.82, 2.24) is 0 Å². The number of halogens is 1. The topological polar surface area (TPSA) is 74.0 Å². The Kier molecular flexibility index (Phi) is 3.96. The highest BCUT2D eigenvalue weighted by Crippen LogP contribution is 2.08. The molecule has 0 amide bonds.